The van der Waals surface area contributed by atoms with E-state index in [0.29, 0.717) is 35.3 Å². The van der Waals surface area contributed by atoms with Crippen molar-refractivity contribution in [2.24, 2.45) is 5.92 Å². The lowest BCUT2D eigenvalue weighted by Gasteiger charge is -2.17. The summed E-state index contributed by atoms with van der Waals surface area (Å²) in [5.74, 6) is 1.44. The number of rotatable bonds is 7. The molecular weight excluding hydrogens is 307 g/mol. The minimum atomic E-state index is -0.303. The van der Waals surface area contributed by atoms with Gasteiger partial charge >= 0.3 is 0 Å². The molecule has 1 heterocycles. The van der Waals surface area contributed by atoms with Gasteiger partial charge in [0, 0.05) is 18.2 Å². The summed E-state index contributed by atoms with van der Waals surface area (Å²) in [6.07, 6.45) is 0. The summed E-state index contributed by atoms with van der Waals surface area (Å²) in [5.41, 5.74) is 1.96. The van der Waals surface area contributed by atoms with Crippen LogP contribution in [0.3, 0.4) is 0 Å². The number of aromatic nitrogens is 1. The molecule has 0 aliphatic carbocycles. The van der Waals surface area contributed by atoms with E-state index in [-0.39, 0.29) is 11.9 Å². The zero-order valence-electron chi connectivity index (χ0n) is 14.9. The first-order chi connectivity index (χ1) is 11.5. The zero-order chi connectivity index (χ0) is 17.7. The average Bonchev–Trinajstić information content (AvgIpc) is 2.59. The van der Waals surface area contributed by atoms with Crippen molar-refractivity contribution in [3.8, 4) is 22.8 Å². The van der Waals surface area contributed by atoms with Crippen molar-refractivity contribution in [3.63, 3.8) is 0 Å². The normalized spacial score (nSPS) is 12.3. The van der Waals surface area contributed by atoms with Crippen LogP contribution in [0.4, 0.5) is 4.39 Å². The van der Waals surface area contributed by atoms with E-state index in [1.807, 2.05) is 18.2 Å². The fourth-order valence-electron chi connectivity index (χ4n) is 2.26. The summed E-state index contributed by atoms with van der Waals surface area (Å²) in [5, 5.41) is 3.31. The maximum atomic E-state index is 14.1. The molecule has 0 bridgehead atoms. The average molecular weight is 332 g/mol. The van der Waals surface area contributed by atoms with E-state index < -0.39 is 0 Å². The Kier molecular flexibility index (Phi) is 6.15. The number of pyridine rings is 1. The summed E-state index contributed by atoms with van der Waals surface area (Å²) < 4.78 is 24.6. The molecule has 1 aromatic heterocycles. The van der Waals surface area contributed by atoms with Crippen LogP contribution >= 0.6 is 0 Å². The van der Waals surface area contributed by atoms with E-state index in [4.69, 9.17) is 9.47 Å². The molecule has 0 radical (unpaired) electrons. The van der Waals surface area contributed by atoms with Crippen LogP contribution in [-0.2, 0) is 6.54 Å². The number of nitrogens with one attached hydrogen (secondary N) is 1. The van der Waals surface area contributed by atoms with Gasteiger partial charge < -0.3 is 14.8 Å². The molecule has 1 N–H and O–H groups in total. The molecule has 24 heavy (non-hydrogen) atoms. The van der Waals surface area contributed by atoms with Crippen LogP contribution in [0.1, 0.15) is 26.5 Å². The molecule has 0 spiro atoms. The number of ether oxygens (including phenoxy) is 2. The standard InChI is InChI=1S/C19H25FN2O2/c1-12(2)13(3)21-11-17-15(20)7-8-16(22-17)14-6-9-18(23-4)19(10-14)24-5/h6-10,12-13,21H,11H2,1-5H3/t13-/m1/s1. The number of hydrogen-bond donors (Lipinski definition) is 1. The lowest BCUT2D eigenvalue weighted by Crippen LogP contribution is -2.30. The van der Waals surface area contributed by atoms with Gasteiger partial charge in [0.25, 0.3) is 0 Å². The lowest BCUT2D eigenvalue weighted by atomic mass is 10.1. The van der Waals surface area contributed by atoms with E-state index in [1.165, 1.54) is 6.07 Å². The Morgan fingerprint density at radius 3 is 2.38 bits per heavy atom. The molecule has 4 nitrogen and oxygen atoms in total. The first-order valence-corrected chi connectivity index (χ1v) is 8.07. The van der Waals surface area contributed by atoms with Crippen LogP contribution < -0.4 is 14.8 Å². The SMILES string of the molecule is COc1ccc(-c2ccc(F)c(CN[C@H](C)C(C)C)n2)cc1OC. The quantitative estimate of drug-likeness (QED) is 0.831. The smallest absolute Gasteiger partial charge is 0.161 e. The molecular formula is C19H25FN2O2. The van der Waals surface area contributed by atoms with E-state index >= 15 is 0 Å². The highest BCUT2D eigenvalue weighted by atomic mass is 19.1. The first-order valence-electron chi connectivity index (χ1n) is 8.07. The van der Waals surface area contributed by atoms with Crippen molar-refractivity contribution in [1.82, 2.24) is 10.3 Å². The van der Waals surface area contributed by atoms with Crippen LogP contribution in [0.25, 0.3) is 11.3 Å². The van der Waals surface area contributed by atoms with Gasteiger partial charge in [0.15, 0.2) is 11.5 Å². The van der Waals surface area contributed by atoms with Crippen molar-refractivity contribution in [3.05, 3.63) is 41.8 Å². The summed E-state index contributed by atoms with van der Waals surface area (Å²) in [6.45, 7) is 6.73. The van der Waals surface area contributed by atoms with Crippen molar-refractivity contribution in [1.29, 1.82) is 0 Å². The Hall–Kier alpha value is -2.14. The molecule has 1 aromatic carbocycles. The lowest BCUT2D eigenvalue weighted by molar-refractivity contribution is 0.355. The maximum absolute atomic E-state index is 14.1. The van der Waals surface area contributed by atoms with Crippen molar-refractivity contribution < 1.29 is 13.9 Å². The van der Waals surface area contributed by atoms with Gasteiger partial charge in [0.1, 0.15) is 5.82 Å². The van der Waals surface area contributed by atoms with E-state index in [2.05, 4.69) is 31.1 Å². The molecule has 0 fully saturated rings. The second-order valence-electron chi connectivity index (χ2n) is 6.11. The molecule has 1 atom stereocenters. The highest BCUT2D eigenvalue weighted by molar-refractivity contribution is 5.64. The van der Waals surface area contributed by atoms with Crippen LogP contribution in [0, 0.1) is 11.7 Å². The third-order valence-electron chi connectivity index (χ3n) is 4.19. The number of nitrogens with zero attached hydrogens (tertiary/aromatic N) is 1. The van der Waals surface area contributed by atoms with Gasteiger partial charge in [0.2, 0.25) is 0 Å². The Labute approximate surface area is 143 Å². The van der Waals surface area contributed by atoms with Gasteiger partial charge in [0.05, 0.1) is 25.6 Å². The third-order valence-corrected chi connectivity index (χ3v) is 4.19. The first kappa shape index (κ1) is 18.2. The fraction of sp³-hybridized carbons (Fsp3) is 0.421. The predicted octanol–water partition coefficient (Wildman–Crippen LogP) is 4.04. The Morgan fingerprint density at radius 1 is 1.04 bits per heavy atom. The van der Waals surface area contributed by atoms with Gasteiger partial charge in [-0.1, -0.05) is 13.8 Å². The number of methoxy groups -OCH3 is 2. The minimum Gasteiger partial charge on any atom is -0.493 e. The molecule has 0 saturated carbocycles. The van der Waals surface area contributed by atoms with Crippen LogP contribution in [0.15, 0.2) is 30.3 Å². The van der Waals surface area contributed by atoms with Gasteiger partial charge in [-0.25, -0.2) is 9.37 Å². The monoisotopic (exact) mass is 332 g/mol. The van der Waals surface area contributed by atoms with E-state index in [0.717, 1.165) is 5.56 Å². The highest BCUT2D eigenvalue weighted by Crippen LogP contribution is 2.31. The fourth-order valence-corrected chi connectivity index (χ4v) is 2.26. The largest absolute Gasteiger partial charge is 0.493 e. The van der Waals surface area contributed by atoms with E-state index in [9.17, 15) is 4.39 Å². The van der Waals surface area contributed by atoms with Crippen molar-refractivity contribution in [2.45, 2.75) is 33.4 Å². The molecule has 0 aliphatic heterocycles. The third kappa shape index (κ3) is 4.23. The number of hydrogen-bond acceptors (Lipinski definition) is 4. The molecule has 2 rings (SSSR count). The second-order valence-corrected chi connectivity index (χ2v) is 6.11. The zero-order valence-corrected chi connectivity index (χ0v) is 14.9. The summed E-state index contributed by atoms with van der Waals surface area (Å²) in [6, 6.07) is 8.96. The molecule has 5 heteroatoms. The highest BCUT2D eigenvalue weighted by Gasteiger charge is 2.12. The summed E-state index contributed by atoms with van der Waals surface area (Å²) >= 11 is 0. The Balaban J connectivity index is 2.27. The number of benzene rings is 1. The Bertz CT molecular complexity index is 689. The van der Waals surface area contributed by atoms with Crippen molar-refractivity contribution >= 4 is 0 Å². The molecule has 0 aliphatic rings. The number of halogens is 1. The molecule has 2 aromatic rings. The summed E-state index contributed by atoms with van der Waals surface area (Å²) in [7, 11) is 3.18. The topological polar surface area (TPSA) is 43.4 Å². The van der Waals surface area contributed by atoms with Gasteiger partial charge in [-0.3, -0.25) is 0 Å². The molecule has 0 unspecified atom stereocenters. The van der Waals surface area contributed by atoms with Gasteiger partial charge in [-0.15, -0.1) is 0 Å². The molecule has 130 valence electrons. The maximum Gasteiger partial charge on any atom is 0.161 e. The molecule has 0 saturated heterocycles. The van der Waals surface area contributed by atoms with Gasteiger partial charge in [-0.05, 0) is 43.2 Å². The predicted molar refractivity (Wildman–Crippen MR) is 93.9 cm³/mol. The van der Waals surface area contributed by atoms with Crippen LogP contribution in [0.2, 0.25) is 0 Å². The second kappa shape index (κ2) is 8.11. The minimum absolute atomic E-state index is 0.288. The van der Waals surface area contributed by atoms with Crippen LogP contribution in [0.5, 0.6) is 11.5 Å². The molecule has 0 amide bonds. The van der Waals surface area contributed by atoms with Gasteiger partial charge in [-0.2, -0.15) is 0 Å². The van der Waals surface area contributed by atoms with Crippen molar-refractivity contribution in [2.75, 3.05) is 14.2 Å². The van der Waals surface area contributed by atoms with Crippen LogP contribution in [-0.4, -0.2) is 25.2 Å². The Morgan fingerprint density at radius 2 is 1.75 bits per heavy atom. The summed E-state index contributed by atoms with van der Waals surface area (Å²) in [4.78, 5) is 4.47. The van der Waals surface area contributed by atoms with E-state index in [1.54, 1.807) is 20.3 Å².